The molecule has 0 aliphatic carbocycles. The number of alkyl halides is 3. The Morgan fingerprint density at radius 3 is 2.15 bits per heavy atom. The minimum Gasteiger partial charge on any atom is -0.478 e. The lowest BCUT2D eigenvalue weighted by molar-refractivity contribution is -0.137. The number of hydrogen-bond acceptors (Lipinski definition) is 4. The average Bonchev–Trinajstić information content (AvgIpc) is 2.62. The second kappa shape index (κ2) is 9.80. The standard InChI is InChI=1S/C15H12F3N3O2.C4H10/c1-3-19-12-5-10(11(4-8(12)2)15(16,17)18)13-20-6-9(7-21-13)14(22)23;1-3-4-2/h3-7H,1-2H3,(H,22,23);3-4H2,1-2H3. The van der Waals surface area contributed by atoms with E-state index in [-0.39, 0.29) is 17.0 Å². The van der Waals surface area contributed by atoms with Gasteiger partial charge in [-0.05, 0) is 31.5 Å². The maximum atomic E-state index is 13.3. The molecule has 0 spiro atoms. The Morgan fingerprint density at radius 1 is 1.19 bits per heavy atom. The van der Waals surface area contributed by atoms with Crippen molar-refractivity contribution in [1.82, 2.24) is 9.97 Å². The Hall–Kier alpha value is -2.77. The minimum atomic E-state index is -4.59. The van der Waals surface area contributed by atoms with Crippen molar-refractivity contribution in [1.29, 1.82) is 0 Å². The molecular formula is C19H22F3N3O2. The molecule has 0 aliphatic rings. The van der Waals surface area contributed by atoms with Crippen LogP contribution in [-0.4, -0.2) is 27.3 Å². The fraction of sp³-hybridized carbons (Fsp3) is 0.368. The Bertz CT molecular complexity index is 799. The van der Waals surface area contributed by atoms with Crippen LogP contribution in [0.5, 0.6) is 0 Å². The SMILES string of the molecule is CC=Nc1cc(-c2ncc(C(=O)O)cn2)c(C(F)(F)F)cc1C.CCCC. The van der Waals surface area contributed by atoms with Gasteiger partial charge in [0, 0.05) is 24.2 Å². The molecule has 146 valence electrons. The van der Waals surface area contributed by atoms with E-state index in [0.717, 1.165) is 18.5 Å². The van der Waals surface area contributed by atoms with Crippen molar-refractivity contribution in [3.05, 3.63) is 41.2 Å². The molecular weight excluding hydrogens is 359 g/mol. The summed E-state index contributed by atoms with van der Waals surface area (Å²) in [5.41, 5.74) is -0.627. The summed E-state index contributed by atoms with van der Waals surface area (Å²) in [6.07, 6.45) is 1.44. The number of benzene rings is 1. The first-order chi connectivity index (χ1) is 12.6. The van der Waals surface area contributed by atoms with Crippen molar-refractivity contribution in [2.75, 3.05) is 0 Å². The maximum Gasteiger partial charge on any atom is 0.417 e. The zero-order valence-electron chi connectivity index (χ0n) is 15.6. The van der Waals surface area contributed by atoms with Crippen LogP contribution in [0.25, 0.3) is 11.4 Å². The highest BCUT2D eigenvalue weighted by molar-refractivity contribution is 5.87. The third-order valence-corrected chi connectivity index (χ3v) is 3.55. The van der Waals surface area contributed by atoms with Gasteiger partial charge in [0.1, 0.15) is 0 Å². The van der Waals surface area contributed by atoms with E-state index in [1.54, 1.807) is 6.92 Å². The van der Waals surface area contributed by atoms with Gasteiger partial charge in [-0.1, -0.05) is 26.7 Å². The fourth-order valence-electron chi connectivity index (χ4n) is 1.97. The molecule has 2 aromatic rings. The lowest BCUT2D eigenvalue weighted by atomic mass is 10.0. The predicted molar refractivity (Wildman–Crippen MR) is 98.6 cm³/mol. The summed E-state index contributed by atoms with van der Waals surface area (Å²) in [5.74, 6) is -1.47. The molecule has 27 heavy (non-hydrogen) atoms. The molecule has 0 aliphatic heterocycles. The normalized spacial score (nSPS) is 11.2. The number of carboxylic acids is 1. The van der Waals surface area contributed by atoms with Crippen LogP contribution in [0.4, 0.5) is 18.9 Å². The average molecular weight is 381 g/mol. The Kier molecular flexibility index (Phi) is 8.08. The molecule has 0 radical (unpaired) electrons. The topological polar surface area (TPSA) is 75.4 Å². The van der Waals surface area contributed by atoms with Gasteiger partial charge in [-0.3, -0.25) is 4.99 Å². The van der Waals surface area contributed by atoms with Crippen LogP contribution in [0, 0.1) is 6.92 Å². The molecule has 0 saturated carbocycles. The number of aromatic carboxylic acids is 1. The second-order valence-electron chi connectivity index (χ2n) is 5.67. The number of carboxylic acid groups (broad SMARTS) is 1. The number of aromatic nitrogens is 2. The van der Waals surface area contributed by atoms with Gasteiger partial charge in [-0.2, -0.15) is 13.2 Å². The fourth-order valence-corrected chi connectivity index (χ4v) is 1.97. The molecule has 0 unspecified atom stereocenters. The van der Waals surface area contributed by atoms with E-state index in [2.05, 4.69) is 28.8 Å². The summed E-state index contributed by atoms with van der Waals surface area (Å²) in [6, 6.07) is 2.22. The van der Waals surface area contributed by atoms with Gasteiger partial charge >= 0.3 is 12.1 Å². The number of hydrogen-bond donors (Lipinski definition) is 1. The summed E-state index contributed by atoms with van der Waals surface area (Å²) in [5, 5.41) is 8.80. The van der Waals surface area contributed by atoms with E-state index in [1.165, 1.54) is 32.0 Å². The number of nitrogens with zero attached hydrogens (tertiary/aromatic N) is 3. The Morgan fingerprint density at radius 2 is 1.74 bits per heavy atom. The minimum absolute atomic E-state index is 0.207. The van der Waals surface area contributed by atoms with Gasteiger partial charge in [-0.25, -0.2) is 14.8 Å². The summed E-state index contributed by atoms with van der Waals surface area (Å²) < 4.78 is 39.8. The van der Waals surface area contributed by atoms with E-state index in [4.69, 9.17) is 5.11 Å². The van der Waals surface area contributed by atoms with Crippen molar-refractivity contribution in [3.8, 4) is 11.4 Å². The molecule has 0 atom stereocenters. The zero-order valence-corrected chi connectivity index (χ0v) is 15.6. The molecule has 2 rings (SSSR count). The first-order valence-corrected chi connectivity index (χ1v) is 8.41. The summed E-state index contributed by atoms with van der Waals surface area (Å²) in [6.45, 7) is 7.53. The molecule has 0 bridgehead atoms. The maximum absolute atomic E-state index is 13.3. The number of aryl methyl sites for hydroxylation is 1. The first kappa shape index (κ1) is 22.3. The molecule has 1 aromatic heterocycles. The van der Waals surface area contributed by atoms with E-state index >= 15 is 0 Å². The molecule has 8 heteroatoms. The van der Waals surface area contributed by atoms with Crippen molar-refractivity contribution in [3.63, 3.8) is 0 Å². The van der Waals surface area contributed by atoms with Crippen molar-refractivity contribution < 1.29 is 23.1 Å². The molecule has 5 nitrogen and oxygen atoms in total. The number of aliphatic imine (C=N–C) groups is 1. The van der Waals surface area contributed by atoms with Crippen LogP contribution in [0.2, 0.25) is 0 Å². The molecule has 0 amide bonds. The molecule has 0 fully saturated rings. The van der Waals surface area contributed by atoms with Crippen LogP contribution in [0.3, 0.4) is 0 Å². The summed E-state index contributed by atoms with van der Waals surface area (Å²) in [7, 11) is 0. The quantitative estimate of drug-likeness (QED) is 0.690. The van der Waals surface area contributed by atoms with Gasteiger partial charge < -0.3 is 5.11 Å². The monoisotopic (exact) mass is 381 g/mol. The van der Waals surface area contributed by atoms with Gasteiger partial charge in [0.05, 0.1) is 16.8 Å². The number of halogens is 3. The van der Waals surface area contributed by atoms with E-state index in [1.807, 2.05) is 0 Å². The third-order valence-electron chi connectivity index (χ3n) is 3.55. The lowest BCUT2D eigenvalue weighted by Gasteiger charge is -2.14. The Labute approximate surface area is 156 Å². The zero-order chi connectivity index (χ0) is 20.6. The second-order valence-corrected chi connectivity index (χ2v) is 5.67. The number of rotatable bonds is 4. The van der Waals surface area contributed by atoms with Gasteiger partial charge in [0.25, 0.3) is 0 Å². The summed E-state index contributed by atoms with van der Waals surface area (Å²) in [4.78, 5) is 22.3. The molecule has 1 heterocycles. The van der Waals surface area contributed by atoms with Crippen LogP contribution in [0.15, 0.2) is 29.5 Å². The van der Waals surface area contributed by atoms with Gasteiger partial charge in [-0.15, -0.1) is 0 Å². The third kappa shape index (κ3) is 6.16. The van der Waals surface area contributed by atoms with E-state index in [9.17, 15) is 18.0 Å². The number of carbonyl (C=O) groups is 1. The van der Waals surface area contributed by atoms with Crippen LogP contribution in [0.1, 0.15) is 55.1 Å². The highest BCUT2D eigenvalue weighted by Crippen LogP contribution is 2.39. The largest absolute Gasteiger partial charge is 0.478 e. The highest BCUT2D eigenvalue weighted by atomic mass is 19.4. The highest BCUT2D eigenvalue weighted by Gasteiger charge is 2.35. The smallest absolute Gasteiger partial charge is 0.417 e. The Balaban J connectivity index is 0.000000828. The van der Waals surface area contributed by atoms with Crippen molar-refractivity contribution in [2.24, 2.45) is 4.99 Å². The molecule has 1 N–H and O–H groups in total. The van der Waals surface area contributed by atoms with E-state index < -0.39 is 17.7 Å². The first-order valence-electron chi connectivity index (χ1n) is 8.41. The van der Waals surface area contributed by atoms with Crippen LogP contribution in [-0.2, 0) is 6.18 Å². The molecule has 1 aromatic carbocycles. The number of unbranched alkanes of at least 4 members (excludes halogenated alkanes) is 1. The predicted octanol–water partition coefficient (Wildman–Crippen LogP) is 5.70. The van der Waals surface area contributed by atoms with Crippen LogP contribution >= 0.6 is 0 Å². The molecule has 0 saturated heterocycles. The van der Waals surface area contributed by atoms with Gasteiger partial charge in [0.15, 0.2) is 5.82 Å². The van der Waals surface area contributed by atoms with E-state index in [0.29, 0.717) is 11.3 Å². The summed E-state index contributed by atoms with van der Waals surface area (Å²) >= 11 is 0. The van der Waals surface area contributed by atoms with Crippen molar-refractivity contribution >= 4 is 17.9 Å². The van der Waals surface area contributed by atoms with Crippen molar-refractivity contribution in [2.45, 2.75) is 46.7 Å². The lowest BCUT2D eigenvalue weighted by Crippen LogP contribution is -2.09. The van der Waals surface area contributed by atoms with Crippen LogP contribution < -0.4 is 0 Å². The van der Waals surface area contributed by atoms with Gasteiger partial charge in [0.2, 0.25) is 0 Å².